The summed E-state index contributed by atoms with van der Waals surface area (Å²) in [5, 5.41) is 16.6. The lowest BCUT2D eigenvalue weighted by Crippen LogP contribution is -1.98. The van der Waals surface area contributed by atoms with Crippen molar-refractivity contribution in [1.29, 1.82) is 0 Å². The Labute approximate surface area is 117 Å². The lowest BCUT2D eigenvalue weighted by atomic mass is 10.0. The molecule has 1 unspecified atom stereocenters. The second kappa shape index (κ2) is 4.98. The molecule has 0 spiro atoms. The summed E-state index contributed by atoms with van der Waals surface area (Å²) in [7, 11) is 3.49. The Morgan fingerprint density at radius 2 is 1.85 bits per heavy atom. The number of ether oxygens (including phenoxy) is 1. The Morgan fingerprint density at radius 3 is 2.55 bits per heavy atom. The number of nitrogens with zero attached hydrogens (tertiary/aromatic N) is 2. The van der Waals surface area contributed by atoms with Gasteiger partial charge in [0.1, 0.15) is 11.9 Å². The smallest absolute Gasteiger partial charge is 0.119 e. The molecule has 0 saturated heterocycles. The first-order valence-corrected chi connectivity index (χ1v) is 6.41. The third-order valence-electron chi connectivity index (χ3n) is 3.43. The minimum atomic E-state index is -0.657. The van der Waals surface area contributed by atoms with E-state index >= 15 is 0 Å². The van der Waals surface area contributed by atoms with Crippen LogP contribution in [0.25, 0.3) is 10.8 Å². The Hall–Kier alpha value is -2.33. The van der Waals surface area contributed by atoms with Gasteiger partial charge in [0.05, 0.1) is 13.3 Å². The van der Waals surface area contributed by atoms with Gasteiger partial charge in [-0.25, -0.2) is 0 Å². The molecule has 1 N–H and O–H groups in total. The average molecular weight is 268 g/mol. The molecule has 0 aliphatic heterocycles. The third kappa shape index (κ3) is 2.26. The van der Waals surface area contributed by atoms with Crippen molar-refractivity contribution in [2.45, 2.75) is 6.10 Å². The number of methoxy groups -OCH3 is 1. The Bertz CT molecular complexity index is 749. The fourth-order valence-corrected chi connectivity index (χ4v) is 2.31. The fourth-order valence-electron chi connectivity index (χ4n) is 2.31. The highest BCUT2D eigenvalue weighted by molar-refractivity contribution is 5.84. The Kier molecular flexibility index (Phi) is 3.16. The predicted octanol–water partition coefficient (Wildman–Crippen LogP) is 2.66. The van der Waals surface area contributed by atoms with Crippen LogP contribution in [0.5, 0.6) is 5.75 Å². The molecule has 20 heavy (non-hydrogen) atoms. The monoisotopic (exact) mass is 268 g/mol. The van der Waals surface area contributed by atoms with Gasteiger partial charge in [-0.2, -0.15) is 5.10 Å². The first-order valence-electron chi connectivity index (χ1n) is 6.41. The number of aromatic nitrogens is 2. The van der Waals surface area contributed by atoms with Gasteiger partial charge in [0.25, 0.3) is 0 Å². The predicted molar refractivity (Wildman–Crippen MR) is 77.8 cm³/mol. The van der Waals surface area contributed by atoms with Crippen LogP contribution >= 0.6 is 0 Å². The van der Waals surface area contributed by atoms with Crippen LogP contribution < -0.4 is 4.74 Å². The standard InChI is InChI=1S/C16H16N2O2/c1-18-10-14(9-17-18)16(19)13-4-3-12-8-15(20-2)6-5-11(12)7-13/h3-10,16,19H,1-2H3. The van der Waals surface area contributed by atoms with E-state index in [0.717, 1.165) is 27.6 Å². The first-order chi connectivity index (χ1) is 9.67. The molecule has 1 atom stereocenters. The van der Waals surface area contributed by atoms with Gasteiger partial charge in [-0.1, -0.05) is 18.2 Å². The highest BCUT2D eigenvalue weighted by Gasteiger charge is 2.12. The molecule has 102 valence electrons. The van der Waals surface area contributed by atoms with Gasteiger partial charge in [0, 0.05) is 18.8 Å². The summed E-state index contributed by atoms with van der Waals surface area (Å²) >= 11 is 0. The van der Waals surface area contributed by atoms with Gasteiger partial charge in [-0.15, -0.1) is 0 Å². The van der Waals surface area contributed by atoms with E-state index in [1.54, 1.807) is 18.0 Å². The maximum Gasteiger partial charge on any atom is 0.119 e. The summed E-state index contributed by atoms with van der Waals surface area (Å²) < 4.78 is 6.90. The summed E-state index contributed by atoms with van der Waals surface area (Å²) in [6, 6.07) is 11.8. The van der Waals surface area contributed by atoms with Crippen molar-refractivity contribution in [1.82, 2.24) is 9.78 Å². The molecule has 4 heteroatoms. The van der Waals surface area contributed by atoms with Crippen molar-refractivity contribution in [3.05, 3.63) is 59.9 Å². The minimum Gasteiger partial charge on any atom is -0.497 e. The van der Waals surface area contributed by atoms with E-state index in [1.807, 2.05) is 49.6 Å². The van der Waals surface area contributed by atoms with Crippen LogP contribution in [0.2, 0.25) is 0 Å². The SMILES string of the molecule is COc1ccc2cc(C(O)c3cnn(C)c3)ccc2c1. The molecule has 0 aliphatic carbocycles. The van der Waals surface area contributed by atoms with Gasteiger partial charge >= 0.3 is 0 Å². The molecule has 4 nitrogen and oxygen atoms in total. The van der Waals surface area contributed by atoms with Crippen molar-refractivity contribution < 1.29 is 9.84 Å². The van der Waals surface area contributed by atoms with Crippen LogP contribution in [-0.2, 0) is 7.05 Å². The normalized spacial score (nSPS) is 12.6. The van der Waals surface area contributed by atoms with E-state index in [0.29, 0.717) is 0 Å². The first kappa shape index (κ1) is 12.7. The van der Waals surface area contributed by atoms with E-state index in [2.05, 4.69) is 5.10 Å². The summed E-state index contributed by atoms with van der Waals surface area (Å²) in [5.41, 5.74) is 1.65. The topological polar surface area (TPSA) is 47.3 Å². The van der Waals surface area contributed by atoms with E-state index in [9.17, 15) is 5.11 Å². The molecule has 1 aromatic heterocycles. The number of fused-ring (bicyclic) bond motifs is 1. The molecule has 2 aromatic carbocycles. The molecule has 0 aliphatic rings. The van der Waals surface area contributed by atoms with E-state index in [1.165, 1.54) is 0 Å². The van der Waals surface area contributed by atoms with Crippen molar-refractivity contribution in [3.63, 3.8) is 0 Å². The highest BCUT2D eigenvalue weighted by atomic mass is 16.5. The van der Waals surface area contributed by atoms with Crippen molar-refractivity contribution in [2.24, 2.45) is 7.05 Å². The zero-order chi connectivity index (χ0) is 14.1. The number of hydrogen-bond acceptors (Lipinski definition) is 3. The highest BCUT2D eigenvalue weighted by Crippen LogP contribution is 2.27. The second-order valence-corrected chi connectivity index (χ2v) is 4.82. The van der Waals surface area contributed by atoms with Crippen LogP contribution in [0.4, 0.5) is 0 Å². The van der Waals surface area contributed by atoms with Crippen LogP contribution in [0.15, 0.2) is 48.8 Å². The second-order valence-electron chi connectivity index (χ2n) is 4.82. The maximum absolute atomic E-state index is 10.4. The van der Waals surface area contributed by atoms with Gasteiger partial charge in [-0.3, -0.25) is 4.68 Å². The summed E-state index contributed by atoms with van der Waals surface area (Å²) in [6.07, 6.45) is 2.85. The van der Waals surface area contributed by atoms with Crippen LogP contribution in [0.3, 0.4) is 0 Å². The van der Waals surface area contributed by atoms with Crippen molar-refractivity contribution >= 4 is 10.8 Å². The van der Waals surface area contributed by atoms with E-state index < -0.39 is 6.10 Å². The molecule has 0 amide bonds. The zero-order valence-electron chi connectivity index (χ0n) is 11.4. The zero-order valence-corrected chi connectivity index (χ0v) is 11.4. The van der Waals surface area contributed by atoms with E-state index in [-0.39, 0.29) is 0 Å². The number of hydrogen-bond donors (Lipinski definition) is 1. The van der Waals surface area contributed by atoms with Gasteiger partial charge < -0.3 is 9.84 Å². The van der Waals surface area contributed by atoms with Gasteiger partial charge in [0.2, 0.25) is 0 Å². The molecular weight excluding hydrogens is 252 g/mol. The van der Waals surface area contributed by atoms with Crippen molar-refractivity contribution in [3.8, 4) is 5.75 Å². The number of rotatable bonds is 3. The number of aryl methyl sites for hydroxylation is 1. The van der Waals surface area contributed by atoms with Gasteiger partial charge in [-0.05, 0) is 34.5 Å². The van der Waals surface area contributed by atoms with E-state index in [4.69, 9.17) is 4.74 Å². The lowest BCUT2D eigenvalue weighted by molar-refractivity contribution is 0.220. The molecule has 0 saturated carbocycles. The van der Waals surface area contributed by atoms with Crippen LogP contribution in [0.1, 0.15) is 17.2 Å². The minimum absolute atomic E-state index is 0.657. The number of aliphatic hydroxyl groups excluding tert-OH is 1. The fraction of sp³-hybridized carbons (Fsp3) is 0.188. The number of benzene rings is 2. The molecule has 0 radical (unpaired) electrons. The van der Waals surface area contributed by atoms with Gasteiger partial charge in [0.15, 0.2) is 0 Å². The lowest BCUT2D eigenvalue weighted by Gasteiger charge is -2.10. The Morgan fingerprint density at radius 1 is 1.10 bits per heavy atom. The molecule has 0 bridgehead atoms. The van der Waals surface area contributed by atoms with Crippen LogP contribution in [-0.4, -0.2) is 22.0 Å². The van der Waals surface area contributed by atoms with Crippen LogP contribution in [0, 0.1) is 0 Å². The quantitative estimate of drug-likeness (QED) is 0.794. The summed E-state index contributed by atoms with van der Waals surface area (Å²) in [6.45, 7) is 0. The third-order valence-corrected chi connectivity index (χ3v) is 3.43. The average Bonchev–Trinajstić information content (AvgIpc) is 2.92. The van der Waals surface area contributed by atoms with Crippen molar-refractivity contribution in [2.75, 3.05) is 7.11 Å². The maximum atomic E-state index is 10.4. The molecule has 0 fully saturated rings. The largest absolute Gasteiger partial charge is 0.497 e. The molecular formula is C16H16N2O2. The molecule has 1 heterocycles. The Balaban J connectivity index is 2.00. The molecule has 3 rings (SSSR count). The molecule has 3 aromatic rings. The number of aliphatic hydroxyl groups is 1. The summed E-state index contributed by atoms with van der Waals surface area (Å²) in [5.74, 6) is 0.832. The summed E-state index contributed by atoms with van der Waals surface area (Å²) in [4.78, 5) is 0.